The highest BCUT2D eigenvalue weighted by Crippen LogP contribution is 2.28. The average Bonchev–Trinajstić information content (AvgIpc) is 2.54. The molecule has 0 atom stereocenters. The van der Waals surface area contributed by atoms with E-state index >= 15 is 0 Å². The third-order valence-corrected chi connectivity index (χ3v) is 3.57. The van der Waals surface area contributed by atoms with E-state index in [-0.39, 0.29) is 12.2 Å². The summed E-state index contributed by atoms with van der Waals surface area (Å²) in [5.74, 6) is -0.605. The molecule has 0 aliphatic heterocycles. The molecule has 2 aromatic carbocycles. The fourth-order valence-electron chi connectivity index (χ4n) is 2.08. The number of benzene rings is 2. The average molecular weight is 356 g/mol. The first-order chi connectivity index (χ1) is 10.7. The lowest BCUT2D eigenvalue weighted by Crippen LogP contribution is -2.09. The van der Waals surface area contributed by atoms with Crippen LogP contribution in [0.5, 0.6) is 0 Å². The van der Waals surface area contributed by atoms with Crippen molar-refractivity contribution in [1.82, 2.24) is 0 Å². The molecule has 0 bridgehead atoms. The van der Waals surface area contributed by atoms with E-state index in [2.05, 4.69) is 15.9 Å². The van der Waals surface area contributed by atoms with Gasteiger partial charge in [0.25, 0.3) is 0 Å². The minimum Gasteiger partial charge on any atom is -0.462 e. The van der Waals surface area contributed by atoms with Gasteiger partial charge in [0.2, 0.25) is 0 Å². The Hall–Kier alpha value is -2.38. The predicted molar refractivity (Wildman–Crippen MR) is 88.9 cm³/mol. The Labute approximate surface area is 138 Å². The standard InChI is InChI=1S/C18H14BrNO2/c1-2-22-18(21)16(12-20)17(13-6-4-3-5-7-13)14-8-10-15(19)11-9-14/h3-11H,2H2,1H3. The summed E-state index contributed by atoms with van der Waals surface area (Å²) in [6, 6.07) is 18.8. The number of nitrogens with zero attached hydrogens (tertiary/aromatic N) is 1. The number of esters is 1. The second kappa shape index (κ2) is 7.58. The van der Waals surface area contributed by atoms with Gasteiger partial charge in [0.15, 0.2) is 0 Å². The summed E-state index contributed by atoms with van der Waals surface area (Å²) in [5.41, 5.74) is 2.18. The van der Waals surface area contributed by atoms with Gasteiger partial charge < -0.3 is 4.74 Å². The SMILES string of the molecule is CCOC(=O)C(C#N)=C(c1ccccc1)c1ccc(Br)cc1. The first kappa shape index (κ1) is 16.0. The second-order valence-electron chi connectivity index (χ2n) is 4.46. The molecule has 3 nitrogen and oxygen atoms in total. The molecule has 4 heteroatoms. The van der Waals surface area contributed by atoms with Gasteiger partial charge in [0, 0.05) is 10.0 Å². The third-order valence-electron chi connectivity index (χ3n) is 3.04. The van der Waals surface area contributed by atoms with Crippen molar-refractivity contribution in [2.24, 2.45) is 0 Å². The molecule has 0 aliphatic rings. The summed E-state index contributed by atoms with van der Waals surface area (Å²) in [4.78, 5) is 12.1. The Morgan fingerprint density at radius 3 is 2.23 bits per heavy atom. The fourth-order valence-corrected chi connectivity index (χ4v) is 2.35. The van der Waals surface area contributed by atoms with Crippen LogP contribution < -0.4 is 0 Å². The van der Waals surface area contributed by atoms with Crippen molar-refractivity contribution >= 4 is 27.5 Å². The van der Waals surface area contributed by atoms with E-state index in [0.29, 0.717) is 5.57 Å². The van der Waals surface area contributed by atoms with Crippen LogP contribution in [0.25, 0.3) is 5.57 Å². The molecule has 0 saturated heterocycles. The molecule has 0 N–H and O–H groups in total. The van der Waals surface area contributed by atoms with Crippen LogP contribution in [-0.2, 0) is 9.53 Å². The van der Waals surface area contributed by atoms with Gasteiger partial charge in [0.05, 0.1) is 6.61 Å². The van der Waals surface area contributed by atoms with Crippen molar-refractivity contribution in [1.29, 1.82) is 5.26 Å². The molecular formula is C18H14BrNO2. The van der Waals surface area contributed by atoms with Crippen LogP contribution in [0.2, 0.25) is 0 Å². The maximum absolute atomic E-state index is 12.1. The van der Waals surface area contributed by atoms with Crippen molar-refractivity contribution in [2.45, 2.75) is 6.92 Å². The van der Waals surface area contributed by atoms with Crippen LogP contribution in [-0.4, -0.2) is 12.6 Å². The summed E-state index contributed by atoms with van der Waals surface area (Å²) in [6.07, 6.45) is 0. The van der Waals surface area contributed by atoms with Gasteiger partial charge in [-0.15, -0.1) is 0 Å². The number of hydrogen-bond acceptors (Lipinski definition) is 3. The van der Waals surface area contributed by atoms with Crippen molar-refractivity contribution in [2.75, 3.05) is 6.61 Å². The van der Waals surface area contributed by atoms with E-state index in [1.807, 2.05) is 60.7 Å². The molecule has 0 heterocycles. The van der Waals surface area contributed by atoms with Crippen molar-refractivity contribution < 1.29 is 9.53 Å². The van der Waals surface area contributed by atoms with Gasteiger partial charge in [0.1, 0.15) is 11.6 Å². The van der Waals surface area contributed by atoms with E-state index in [1.165, 1.54) is 0 Å². The van der Waals surface area contributed by atoms with Crippen LogP contribution >= 0.6 is 15.9 Å². The minimum atomic E-state index is -0.605. The van der Waals surface area contributed by atoms with Gasteiger partial charge in [-0.1, -0.05) is 58.4 Å². The minimum absolute atomic E-state index is 0.00960. The molecule has 0 amide bonds. The molecular weight excluding hydrogens is 342 g/mol. The van der Waals surface area contributed by atoms with E-state index in [9.17, 15) is 10.1 Å². The summed E-state index contributed by atoms with van der Waals surface area (Å²) < 4.78 is 5.94. The number of carbonyl (C=O) groups excluding carboxylic acids is 1. The highest BCUT2D eigenvalue weighted by molar-refractivity contribution is 9.10. The topological polar surface area (TPSA) is 50.1 Å². The number of hydrogen-bond donors (Lipinski definition) is 0. The normalized spacial score (nSPS) is 11.3. The quantitative estimate of drug-likeness (QED) is 0.465. The Morgan fingerprint density at radius 2 is 1.68 bits per heavy atom. The lowest BCUT2D eigenvalue weighted by molar-refractivity contribution is -0.137. The molecule has 110 valence electrons. The zero-order valence-corrected chi connectivity index (χ0v) is 13.6. The van der Waals surface area contributed by atoms with Crippen molar-refractivity contribution in [3.05, 3.63) is 75.8 Å². The number of ether oxygens (including phenoxy) is 1. The van der Waals surface area contributed by atoms with Crippen LogP contribution in [0.4, 0.5) is 0 Å². The maximum atomic E-state index is 12.1. The second-order valence-corrected chi connectivity index (χ2v) is 5.37. The van der Waals surface area contributed by atoms with E-state index in [0.717, 1.165) is 15.6 Å². The molecule has 22 heavy (non-hydrogen) atoms. The van der Waals surface area contributed by atoms with Gasteiger partial charge >= 0.3 is 5.97 Å². The van der Waals surface area contributed by atoms with E-state index in [4.69, 9.17) is 4.74 Å². The molecule has 0 saturated carbocycles. The zero-order valence-electron chi connectivity index (χ0n) is 12.0. The van der Waals surface area contributed by atoms with Gasteiger partial charge in [-0.2, -0.15) is 5.26 Å². The molecule has 0 aromatic heterocycles. The summed E-state index contributed by atoms with van der Waals surface area (Å²) >= 11 is 3.39. The number of nitriles is 1. The molecule has 0 radical (unpaired) electrons. The fraction of sp³-hybridized carbons (Fsp3) is 0.111. The largest absolute Gasteiger partial charge is 0.462 e. The third kappa shape index (κ3) is 3.63. The van der Waals surface area contributed by atoms with Gasteiger partial charge in [-0.3, -0.25) is 0 Å². The Bertz CT molecular complexity index is 728. The van der Waals surface area contributed by atoms with Crippen LogP contribution in [0, 0.1) is 11.3 Å². The zero-order chi connectivity index (χ0) is 15.9. The van der Waals surface area contributed by atoms with Crippen LogP contribution in [0.15, 0.2) is 64.6 Å². The lowest BCUT2D eigenvalue weighted by Gasteiger charge is -2.11. The maximum Gasteiger partial charge on any atom is 0.349 e. The monoisotopic (exact) mass is 355 g/mol. The van der Waals surface area contributed by atoms with E-state index in [1.54, 1.807) is 6.92 Å². The Kier molecular flexibility index (Phi) is 5.51. The molecule has 0 spiro atoms. The first-order valence-electron chi connectivity index (χ1n) is 6.80. The summed E-state index contributed by atoms with van der Waals surface area (Å²) in [6.45, 7) is 1.95. The van der Waals surface area contributed by atoms with E-state index < -0.39 is 5.97 Å². The van der Waals surface area contributed by atoms with Gasteiger partial charge in [-0.05, 0) is 30.2 Å². The summed E-state index contributed by atoms with van der Waals surface area (Å²) in [5, 5.41) is 9.45. The number of rotatable bonds is 4. The van der Waals surface area contributed by atoms with Gasteiger partial charge in [-0.25, -0.2) is 4.79 Å². The molecule has 2 rings (SSSR count). The molecule has 0 fully saturated rings. The van der Waals surface area contributed by atoms with Crippen LogP contribution in [0.3, 0.4) is 0 Å². The summed E-state index contributed by atoms with van der Waals surface area (Å²) in [7, 11) is 0. The highest BCUT2D eigenvalue weighted by Gasteiger charge is 2.19. The van der Waals surface area contributed by atoms with Crippen LogP contribution in [0.1, 0.15) is 18.1 Å². The predicted octanol–water partition coefficient (Wildman–Crippen LogP) is 4.34. The molecule has 0 unspecified atom stereocenters. The highest BCUT2D eigenvalue weighted by atomic mass is 79.9. The Morgan fingerprint density at radius 1 is 1.09 bits per heavy atom. The van der Waals surface area contributed by atoms with Crippen molar-refractivity contribution in [3.63, 3.8) is 0 Å². The number of halogens is 1. The van der Waals surface area contributed by atoms with Crippen molar-refractivity contribution in [3.8, 4) is 6.07 Å². The molecule has 0 aliphatic carbocycles. The lowest BCUT2D eigenvalue weighted by atomic mass is 9.93. The number of carbonyl (C=O) groups is 1. The Balaban J connectivity index is 2.67. The first-order valence-corrected chi connectivity index (χ1v) is 7.59. The smallest absolute Gasteiger partial charge is 0.349 e. The molecule has 2 aromatic rings.